The molecule has 3 heteroatoms. The van der Waals surface area contributed by atoms with Gasteiger partial charge in [0.1, 0.15) is 0 Å². The summed E-state index contributed by atoms with van der Waals surface area (Å²) < 4.78 is 0. The number of nitrogens with one attached hydrogen (secondary N) is 1. The molecular weight excluding hydrogens is 234 g/mol. The Morgan fingerprint density at radius 1 is 1.26 bits per heavy atom. The van der Waals surface area contributed by atoms with E-state index in [1.165, 1.54) is 49.8 Å². The normalized spacial score (nSPS) is 19.9. The summed E-state index contributed by atoms with van der Waals surface area (Å²) in [5, 5.41) is 3.61. The number of pyridine rings is 1. The molecule has 3 nitrogen and oxygen atoms in total. The second kappa shape index (κ2) is 5.49. The number of aromatic nitrogens is 1. The van der Waals surface area contributed by atoms with E-state index in [2.05, 4.69) is 41.4 Å². The van der Waals surface area contributed by atoms with Crippen molar-refractivity contribution in [3.63, 3.8) is 0 Å². The van der Waals surface area contributed by atoms with Crippen molar-refractivity contribution in [2.24, 2.45) is 0 Å². The topological polar surface area (TPSA) is 28.2 Å². The molecule has 0 spiro atoms. The van der Waals surface area contributed by atoms with E-state index in [-0.39, 0.29) is 0 Å². The van der Waals surface area contributed by atoms with Crippen molar-refractivity contribution >= 4 is 5.69 Å². The van der Waals surface area contributed by atoms with Crippen LogP contribution in [0.2, 0.25) is 0 Å². The van der Waals surface area contributed by atoms with Crippen LogP contribution in [0.5, 0.6) is 0 Å². The van der Waals surface area contributed by atoms with E-state index in [1.54, 1.807) is 0 Å². The summed E-state index contributed by atoms with van der Waals surface area (Å²) in [6.07, 6.45) is 10.2. The summed E-state index contributed by atoms with van der Waals surface area (Å²) in [6, 6.07) is 3.73. The third kappa shape index (κ3) is 3.08. The molecule has 2 saturated carbocycles. The highest BCUT2D eigenvalue weighted by Crippen LogP contribution is 2.30. The lowest BCUT2D eigenvalue weighted by atomic mass is 10.1. The van der Waals surface area contributed by atoms with Gasteiger partial charge in [-0.2, -0.15) is 0 Å². The molecule has 1 heterocycles. The lowest BCUT2D eigenvalue weighted by Gasteiger charge is -2.29. The largest absolute Gasteiger partial charge is 0.371 e. The average molecular weight is 259 g/mol. The van der Waals surface area contributed by atoms with Gasteiger partial charge in [-0.15, -0.1) is 0 Å². The minimum Gasteiger partial charge on any atom is -0.371 e. The van der Waals surface area contributed by atoms with Crippen LogP contribution in [-0.2, 0) is 6.54 Å². The zero-order valence-corrected chi connectivity index (χ0v) is 12.2. The zero-order valence-electron chi connectivity index (χ0n) is 12.2. The van der Waals surface area contributed by atoms with Gasteiger partial charge in [0.15, 0.2) is 0 Å². The number of hydrogen-bond acceptors (Lipinski definition) is 3. The van der Waals surface area contributed by atoms with Crippen molar-refractivity contribution in [1.29, 1.82) is 0 Å². The maximum Gasteiger partial charge on any atom is 0.0445 e. The highest BCUT2D eigenvalue weighted by Gasteiger charge is 2.24. The van der Waals surface area contributed by atoms with Gasteiger partial charge in [-0.25, -0.2) is 0 Å². The van der Waals surface area contributed by atoms with Gasteiger partial charge in [-0.05, 0) is 38.7 Å². The van der Waals surface area contributed by atoms with Crippen LogP contribution >= 0.6 is 0 Å². The lowest BCUT2D eigenvalue weighted by molar-refractivity contribution is 0.639. The molecule has 0 saturated heterocycles. The third-order valence-corrected chi connectivity index (χ3v) is 4.51. The van der Waals surface area contributed by atoms with Crippen molar-refractivity contribution in [3.8, 4) is 0 Å². The molecule has 1 aromatic rings. The molecule has 1 N–H and O–H groups in total. The van der Waals surface area contributed by atoms with Gasteiger partial charge in [-0.3, -0.25) is 4.98 Å². The molecule has 0 aliphatic heterocycles. The van der Waals surface area contributed by atoms with Crippen LogP contribution in [0.25, 0.3) is 0 Å². The Kier molecular flexibility index (Phi) is 3.74. The van der Waals surface area contributed by atoms with Crippen molar-refractivity contribution < 1.29 is 0 Å². The molecule has 0 bridgehead atoms. The highest BCUT2D eigenvalue weighted by molar-refractivity contribution is 5.54. The molecule has 1 aromatic heterocycles. The molecule has 2 aliphatic carbocycles. The molecule has 19 heavy (non-hydrogen) atoms. The molecule has 104 valence electrons. The molecule has 0 amide bonds. The predicted molar refractivity (Wildman–Crippen MR) is 79.5 cm³/mol. The molecule has 0 radical (unpaired) electrons. The van der Waals surface area contributed by atoms with E-state index in [4.69, 9.17) is 0 Å². The quantitative estimate of drug-likeness (QED) is 0.881. The van der Waals surface area contributed by atoms with Gasteiger partial charge < -0.3 is 10.2 Å². The molecule has 0 aromatic carbocycles. The van der Waals surface area contributed by atoms with E-state index in [1.807, 2.05) is 0 Å². The van der Waals surface area contributed by atoms with E-state index in [9.17, 15) is 0 Å². The first-order valence-corrected chi connectivity index (χ1v) is 7.66. The summed E-state index contributed by atoms with van der Waals surface area (Å²) in [5.74, 6) is 0. The van der Waals surface area contributed by atoms with Crippen LogP contribution in [0, 0.1) is 6.92 Å². The van der Waals surface area contributed by atoms with Crippen LogP contribution in [-0.4, -0.2) is 24.1 Å². The number of rotatable bonds is 5. The molecule has 2 fully saturated rings. The second-order valence-electron chi connectivity index (χ2n) is 6.16. The van der Waals surface area contributed by atoms with E-state index < -0.39 is 0 Å². The first-order chi connectivity index (χ1) is 9.24. The van der Waals surface area contributed by atoms with Crippen LogP contribution < -0.4 is 10.2 Å². The first-order valence-electron chi connectivity index (χ1n) is 7.66. The first kappa shape index (κ1) is 12.9. The Hall–Kier alpha value is -1.09. The van der Waals surface area contributed by atoms with E-state index in [0.29, 0.717) is 0 Å². The number of aryl methyl sites for hydroxylation is 1. The number of hydrogen-bond donors (Lipinski definition) is 1. The van der Waals surface area contributed by atoms with E-state index >= 15 is 0 Å². The third-order valence-electron chi connectivity index (χ3n) is 4.51. The highest BCUT2D eigenvalue weighted by atomic mass is 15.1. The maximum atomic E-state index is 4.48. The van der Waals surface area contributed by atoms with Gasteiger partial charge in [0.25, 0.3) is 0 Å². The predicted octanol–water partition coefficient (Wildman–Crippen LogP) is 3.02. The van der Waals surface area contributed by atoms with Crippen molar-refractivity contribution in [3.05, 3.63) is 23.5 Å². The Balaban J connectivity index is 1.77. The summed E-state index contributed by atoms with van der Waals surface area (Å²) in [4.78, 5) is 6.97. The fourth-order valence-corrected chi connectivity index (χ4v) is 3.07. The summed E-state index contributed by atoms with van der Waals surface area (Å²) in [5.41, 5.74) is 3.86. The molecule has 2 aliphatic rings. The number of nitrogens with zero attached hydrogens (tertiary/aromatic N) is 2. The SMILES string of the molecule is Cc1cc(N(C)C2CCCC2)c(CNC2CC2)cn1. The minimum atomic E-state index is 0.724. The van der Waals surface area contributed by atoms with Crippen LogP contribution in [0.15, 0.2) is 12.3 Å². The zero-order chi connectivity index (χ0) is 13.2. The van der Waals surface area contributed by atoms with Gasteiger partial charge >= 0.3 is 0 Å². The number of anilines is 1. The van der Waals surface area contributed by atoms with Gasteiger partial charge in [0.05, 0.1) is 0 Å². The monoisotopic (exact) mass is 259 g/mol. The van der Waals surface area contributed by atoms with Gasteiger partial charge in [0, 0.05) is 48.8 Å². The van der Waals surface area contributed by atoms with Crippen molar-refractivity contribution in [1.82, 2.24) is 10.3 Å². The summed E-state index contributed by atoms with van der Waals surface area (Å²) in [7, 11) is 2.26. The van der Waals surface area contributed by atoms with Crippen LogP contribution in [0.1, 0.15) is 49.8 Å². The fraction of sp³-hybridized carbons (Fsp3) is 0.688. The fourth-order valence-electron chi connectivity index (χ4n) is 3.07. The Bertz CT molecular complexity index is 434. The second-order valence-corrected chi connectivity index (χ2v) is 6.16. The van der Waals surface area contributed by atoms with Crippen molar-refractivity contribution in [2.75, 3.05) is 11.9 Å². The van der Waals surface area contributed by atoms with Crippen LogP contribution in [0.4, 0.5) is 5.69 Å². The summed E-state index contributed by atoms with van der Waals surface area (Å²) in [6.45, 7) is 3.05. The Morgan fingerprint density at radius 2 is 2.00 bits per heavy atom. The van der Waals surface area contributed by atoms with Crippen LogP contribution in [0.3, 0.4) is 0 Å². The van der Waals surface area contributed by atoms with Gasteiger partial charge in [-0.1, -0.05) is 12.8 Å². The van der Waals surface area contributed by atoms with Gasteiger partial charge in [0.2, 0.25) is 0 Å². The minimum absolute atomic E-state index is 0.724. The summed E-state index contributed by atoms with van der Waals surface area (Å²) >= 11 is 0. The Morgan fingerprint density at radius 3 is 2.68 bits per heavy atom. The molecule has 0 atom stereocenters. The lowest BCUT2D eigenvalue weighted by Crippen LogP contribution is -2.30. The molecule has 3 rings (SSSR count). The van der Waals surface area contributed by atoms with Crippen molar-refractivity contribution in [2.45, 2.75) is 64.1 Å². The van der Waals surface area contributed by atoms with E-state index in [0.717, 1.165) is 24.3 Å². The molecular formula is C16H25N3. The molecule has 0 unspecified atom stereocenters. The standard InChI is InChI=1S/C16H25N3/c1-12-9-16(19(2)15-5-3-4-6-15)13(10-17-12)11-18-14-7-8-14/h9-10,14-15,18H,3-8,11H2,1-2H3. The average Bonchev–Trinajstić information content (AvgIpc) is 3.08. The maximum absolute atomic E-state index is 4.48. The smallest absolute Gasteiger partial charge is 0.0445 e. The Labute approximate surface area is 116 Å².